The average Bonchev–Trinajstić information content (AvgIpc) is 2.70. The molecule has 35 heavy (non-hydrogen) atoms. The highest BCUT2D eigenvalue weighted by atomic mass is 28.4. The number of ketones is 1. The predicted octanol–water partition coefficient (Wildman–Crippen LogP) is 6.44. The third-order valence-electron chi connectivity index (χ3n) is 6.57. The Morgan fingerprint density at radius 1 is 1.11 bits per heavy atom. The second kappa shape index (κ2) is 11.4. The van der Waals surface area contributed by atoms with Crippen molar-refractivity contribution in [3.8, 4) is 11.1 Å². The van der Waals surface area contributed by atoms with Gasteiger partial charge < -0.3 is 14.6 Å². The number of halogens is 1. The van der Waals surface area contributed by atoms with E-state index in [1.807, 2.05) is 26.0 Å². The molecule has 1 atom stereocenters. The van der Waals surface area contributed by atoms with Crippen LogP contribution in [0.1, 0.15) is 55.9 Å². The molecule has 0 heterocycles. The molecule has 0 spiro atoms. The fraction of sp³-hybridized carbons (Fsp3) is 0.429. The summed E-state index contributed by atoms with van der Waals surface area (Å²) < 4.78 is 20.9. The van der Waals surface area contributed by atoms with Crippen LogP contribution in [0.2, 0.25) is 18.1 Å². The van der Waals surface area contributed by atoms with Crippen molar-refractivity contribution in [3.63, 3.8) is 0 Å². The van der Waals surface area contributed by atoms with Gasteiger partial charge in [0.25, 0.3) is 0 Å². The SMILES string of the molecule is Cc1cc(C)c(/C=C/C(=O)CC(O)CC(=O)O)c(-c2ccc(F)c(CO[Si](C)(C)C(C)(C)C)c2)c1. The standard InChI is InChI=1S/C28H37FO5Si/c1-18-12-19(2)24(10-9-22(30)15-23(31)16-27(32)33)25(13-18)20-8-11-26(29)21(14-20)17-34-35(6,7)28(3,4)5/h8-14,23,31H,15-17H2,1-7H3,(H,32,33)/b10-9+. The fourth-order valence-corrected chi connectivity index (χ4v) is 4.47. The number of aryl methyl sites for hydroxylation is 2. The van der Waals surface area contributed by atoms with Gasteiger partial charge in [-0.15, -0.1) is 0 Å². The second-order valence-electron chi connectivity index (χ2n) is 10.7. The molecule has 0 radical (unpaired) electrons. The fourth-order valence-electron chi connectivity index (χ4n) is 3.52. The molecule has 2 N–H and O–H groups in total. The Bertz CT molecular complexity index is 1120. The van der Waals surface area contributed by atoms with Crippen molar-refractivity contribution >= 4 is 26.1 Å². The number of aliphatic hydroxyl groups is 1. The summed E-state index contributed by atoms with van der Waals surface area (Å²) in [6.45, 7) is 14.8. The van der Waals surface area contributed by atoms with Crippen LogP contribution in [0, 0.1) is 19.7 Å². The normalized spacial score (nSPS) is 13.3. The number of hydrogen-bond acceptors (Lipinski definition) is 4. The number of allylic oxidation sites excluding steroid dienone is 1. The van der Waals surface area contributed by atoms with E-state index in [4.69, 9.17) is 9.53 Å². The number of aliphatic hydroxyl groups excluding tert-OH is 1. The van der Waals surface area contributed by atoms with E-state index in [-0.39, 0.29) is 29.7 Å². The molecule has 0 aromatic heterocycles. The van der Waals surface area contributed by atoms with Crippen molar-refractivity contribution in [1.82, 2.24) is 0 Å². The Morgan fingerprint density at radius 2 is 1.77 bits per heavy atom. The van der Waals surface area contributed by atoms with Gasteiger partial charge in [-0.25, -0.2) is 4.39 Å². The van der Waals surface area contributed by atoms with Crippen LogP contribution in [0.25, 0.3) is 17.2 Å². The van der Waals surface area contributed by atoms with Gasteiger partial charge in [0.05, 0.1) is 19.1 Å². The molecule has 2 rings (SSSR count). The molecule has 5 nitrogen and oxygen atoms in total. The lowest BCUT2D eigenvalue weighted by Gasteiger charge is -2.36. The Balaban J connectivity index is 2.38. The lowest BCUT2D eigenvalue weighted by molar-refractivity contribution is -0.139. The molecule has 0 amide bonds. The largest absolute Gasteiger partial charge is 0.481 e. The third-order valence-corrected chi connectivity index (χ3v) is 11.0. The number of carboxylic acids is 1. The van der Waals surface area contributed by atoms with Crippen LogP contribution in [-0.4, -0.2) is 36.4 Å². The van der Waals surface area contributed by atoms with E-state index in [9.17, 15) is 19.1 Å². The van der Waals surface area contributed by atoms with Gasteiger partial charge in [0.2, 0.25) is 0 Å². The van der Waals surface area contributed by atoms with E-state index in [1.165, 1.54) is 12.1 Å². The topological polar surface area (TPSA) is 83.8 Å². The molecule has 1 unspecified atom stereocenters. The van der Waals surface area contributed by atoms with Gasteiger partial charge in [-0.3, -0.25) is 9.59 Å². The maximum atomic E-state index is 14.7. The van der Waals surface area contributed by atoms with Crippen LogP contribution in [-0.2, 0) is 20.6 Å². The molecule has 190 valence electrons. The molecule has 0 aliphatic heterocycles. The van der Waals surface area contributed by atoms with Gasteiger partial charge in [0.1, 0.15) is 5.82 Å². The number of aliphatic carboxylic acids is 1. The molecule has 2 aromatic rings. The van der Waals surface area contributed by atoms with E-state index in [0.29, 0.717) is 5.56 Å². The zero-order valence-electron chi connectivity index (χ0n) is 21.7. The maximum absolute atomic E-state index is 14.7. The van der Waals surface area contributed by atoms with Crippen molar-refractivity contribution in [2.24, 2.45) is 0 Å². The summed E-state index contributed by atoms with van der Waals surface area (Å²) in [5, 5.41) is 18.5. The number of rotatable bonds is 10. The average molecular weight is 501 g/mol. The molecule has 0 saturated heterocycles. The quantitative estimate of drug-likeness (QED) is 0.290. The van der Waals surface area contributed by atoms with Crippen LogP contribution in [0.15, 0.2) is 36.4 Å². The minimum Gasteiger partial charge on any atom is -0.481 e. The molecule has 7 heteroatoms. The Labute approximate surface area is 208 Å². The first-order valence-electron chi connectivity index (χ1n) is 11.8. The molecule has 0 bridgehead atoms. The molecule has 0 aliphatic rings. The summed E-state index contributed by atoms with van der Waals surface area (Å²) in [7, 11) is -2.06. The van der Waals surface area contributed by atoms with E-state index < -0.39 is 26.8 Å². The first-order chi connectivity index (χ1) is 16.1. The summed E-state index contributed by atoms with van der Waals surface area (Å²) in [4.78, 5) is 23.0. The Morgan fingerprint density at radius 3 is 2.37 bits per heavy atom. The number of benzene rings is 2. The summed E-state index contributed by atoms with van der Waals surface area (Å²) in [6.07, 6.45) is 1.05. The number of hydrogen-bond donors (Lipinski definition) is 2. The van der Waals surface area contributed by atoms with Gasteiger partial charge in [-0.05, 0) is 72.4 Å². The van der Waals surface area contributed by atoms with Crippen molar-refractivity contribution in [1.29, 1.82) is 0 Å². The van der Waals surface area contributed by atoms with Crippen LogP contribution in [0.3, 0.4) is 0 Å². The summed E-state index contributed by atoms with van der Waals surface area (Å²) in [5.41, 5.74) is 4.92. The van der Waals surface area contributed by atoms with Crippen molar-refractivity contribution in [2.45, 2.75) is 78.3 Å². The van der Waals surface area contributed by atoms with E-state index in [2.05, 4.69) is 33.9 Å². The molecular weight excluding hydrogens is 463 g/mol. The van der Waals surface area contributed by atoms with E-state index >= 15 is 0 Å². The summed E-state index contributed by atoms with van der Waals surface area (Å²) >= 11 is 0. The first-order valence-corrected chi connectivity index (χ1v) is 14.7. The third kappa shape index (κ3) is 7.95. The molecular formula is C28H37FO5Si. The van der Waals surface area contributed by atoms with Crippen molar-refractivity contribution < 1.29 is 28.6 Å². The van der Waals surface area contributed by atoms with E-state index in [0.717, 1.165) is 27.8 Å². The minimum absolute atomic E-state index is 0.0112. The van der Waals surface area contributed by atoms with Gasteiger partial charge in [0.15, 0.2) is 14.1 Å². The monoisotopic (exact) mass is 500 g/mol. The van der Waals surface area contributed by atoms with Crippen LogP contribution in [0.4, 0.5) is 4.39 Å². The number of carbonyl (C=O) groups is 2. The lowest BCUT2D eigenvalue weighted by atomic mass is 9.92. The summed E-state index contributed by atoms with van der Waals surface area (Å²) in [5.74, 6) is -1.85. The lowest BCUT2D eigenvalue weighted by Crippen LogP contribution is -2.40. The van der Waals surface area contributed by atoms with Gasteiger partial charge in [0, 0.05) is 12.0 Å². The zero-order valence-corrected chi connectivity index (χ0v) is 22.7. The maximum Gasteiger partial charge on any atom is 0.305 e. The van der Waals surface area contributed by atoms with Crippen LogP contribution >= 0.6 is 0 Å². The van der Waals surface area contributed by atoms with E-state index in [1.54, 1.807) is 18.2 Å². The van der Waals surface area contributed by atoms with Crippen LogP contribution in [0.5, 0.6) is 0 Å². The van der Waals surface area contributed by atoms with Crippen LogP contribution < -0.4 is 0 Å². The van der Waals surface area contributed by atoms with Gasteiger partial charge in [-0.1, -0.05) is 50.6 Å². The van der Waals surface area contributed by atoms with Gasteiger partial charge in [-0.2, -0.15) is 0 Å². The smallest absolute Gasteiger partial charge is 0.305 e. The Kier molecular flexibility index (Phi) is 9.34. The predicted molar refractivity (Wildman–Crippen MR) is 140 cm³/mol. The second-order valence-corrected chi connectivity index (χ2v) is 15.5. The Hall–Kier alpha value is -2.61. The molecule has 0 fully saturated rings. The highest BCUT2D eigenvalue weighted by Crippen LogP contribution is 2.37. The number of carboxylic acid groups (broad SMARTS) is 1. The summed E-state index contributed by atoms with van der Waals surface area (Å²) in [6, 6.07) is 8.94. The minimum atomic E-state index is -2.06. The highest BCUT2D eigenvalue weighted by Gasteiger charge is 2.37. The zero-order chi connectivity index (χ0) is 26.6. The molecule has 2 aromatic carbocycles. The molecule has 0 saturated carbocycles. The van der Waals surface area contributed by atoms with Crippen molar-refractivity contribution in [2.75, 3.05) is 0 Å². The first kappa shape index (κ1) is 28.6. The van der Waals surface area contributed by atoms with Gasteiger partial charge >= 0.3 is 5.97 Å². The molecule has 0 aliphatic carbocycles. The van der Waals surface area contributed by atoms with Crippen molar-refractivity contribution in [3.05, 3.63) is 64.5 Å². The number of carbonyl (C=O) groups excluding carboxylic acids is 1. The highest BCUT2D eigenvalue weighted by molar-refractivity contribution is 6.74.